The Balaban J connectivity index is 1.59. The van der Waals surface area contributed by atoms with Gasteiger partial charge in [-0.3, -0.25) is 14.7 Å². The maximum Gasteiger partial charge on any atom is 0.224 e. The van der Waals surface area contributed by atoms with Crippen molar-refractivity contribution >= 4 is 11.9 Å². The third-order valence-corrected chi connectivity index (χ3v) is 5.12. The first-order valence-electron chi connectivity index (χ1n) is 10.7. The zero-order chi connectivity index (χ0) is 22.5. The lowest BCUT2D eigenvalue weighted by Gasteiger charge is -2.25. The van der Waals surface area contributed by atoms with Crippen LogP contribution in [0.5, 0.6) is 0 Å². The second-order valence-electron chi connectivity index (χ2n) is 7.62. The molecular formula is C24H34FN5O. The van der Waals surface area contributed by atoms with E-state index in [9.17, 15) is 9.18 Å². The Hall–Kier alpha value is -2.93. The minimum absolute atomic E-state index is 0.0911. The van der Waals surface area contributed by atoms with Gasteiger partial charge in [-0.25, -0.2) is 4.39 Å². The number of aliphatic imine (C=N–C) groups is 1. The summed E-state index contributed by atoms with van der Waals surface area (Å²) in [6.07, 6.45) is 1.22. The number of carbonyl (C=O) groups excluding carboxylic acids is 1. The van der Waals surface area contributed by atoms with Gasteiger partial charge < -0.3 is 16.0 Å². The minimum atomic E-state index is -0.301. The first-order chi connectivity index (χ1) is 15.0. The van der Waals surface area contributed by atoms with Crippen LogP contribution in [-0.4, -0.2) is 56.5 Å². The summed E-state index contributed by atoms with van der Waals surface area (Å²) in [6.45, 7) is 5.00. The predicted octanol–water partition coefficient (Wildman–Crippen LogP) is 2.56. The fourth-order valence-electron chi connectivity index (χ4n) is 3.10. The molecule has 0 spiro atoms. The lowest BCUT2D eigenvalue weighted by atomic mass is 10.1. The topological polar surface area (TPSA) is 68.8 Å². The first-order valence-corrected chi connectivity index (χ1v) is 10.7. The normalized spacial score (nSPS) is 12.5. The van der Waals surface area contributed by atoms with Crippen molar-refractivity contribution in [2.24, 2.45) is 4.99 Å². The molecule has 0 bridgehead atoms. The summed E-state index contributed by atoms with van der Waals surface area (Å²) in [6, 6.07) is 16.8. The molecular weight excluding hydrogens is 393 g/mol. The molecule has 0 saturated heterocycles. The van der Waals surface area contributed by atoms with E-state index >= 15 is 0 Å². The molecule has 6 nitrogen and oxygen atoms in total. The summed E-state index contributed by atoms with van der Waals surface area (Å²) < 4.78 is 12.9. The van der Waals surface area contributed by atoms with E-state index in [2.05, 4.69) is 64.1 Å². The lowest BCUT2D eigenvalue weighted by Crippen LogP contribution is -2.43. The molecule has 2 rings (SSSR count). The molecule has 0 aromatic heterocycles. The summed E-state index contributed by atoms with van der Waals surface area (Å²) in [5.74, 6) is 0.321. The molecule has 7 heteroatoms. The molecule has 168 valence electrons. The molecule has 0 aliphatic carbocycles. The highest BCUT2D eigenvalue weighted by atomic mass is 19.1. The number of carbonyl (C=O) groups is 1. The van der Waals surface area contributed by atoms with Crippen molar-refractivity contribution in [3.05, 3.63) is 71.5 Å². The van der Waals surface area contributed by atoms with Crippen molar-refractivity contribution in [3.8, 4) is 0 Å². The summed E-state index contributed by atoms with van der Waals surface area (Å²) in [5.41, 5.74) is 2.10. The smallest absolute Gasteiger partial charge is 0.224 e. The Morgan fingerprint density at radius 3 is 2.29 bits per heavy atom. The number of nitrogens with zero attached hydrogens (tertiary/aromatic N) is 2. The third-order valence-electron chi connectivity index (χ3n) is 5.12. The van der Waals surface area contributed by atoms with Gasteiger partial charge in [-0.05, 0) is 43.7 Å². The SMILES string of the molecule is CN=C(NCCNC(=O)Cc1ccc(F)cc1)NCCC(C)N(C)Cc1ccccc1. The van der Waals surface area contributed by atoms with E-state index in [0.717, 1.165) is 25.1 Å². The average Bonchev–Trinajstić information content (AvgIpc) is 2.77. The summed E-state index contributed by atoms with van der Waals surface area (Å²) in [4.78, 5) is 18.5. The van der Waals surface area contributed by atoms with Crippen LogP contribution in [0.3, 0.4) is 0 Å². The Labute approximate surface area is 184 Å². The minimum Gasteiger partial charge on any atom is -0.356 e. The summed E-state index contributed by atoms with van der Waals surface area (Å²) in [5, 5.41) is 9.37. The van der Waals surface area contributed by atoms with Gasteiger partial charge >= 0.3 is 0 Å². The molecule has 1 unspecified atom stereocenters. The predicted molar refractivity (Wildman–Crippen MR) is 124 cm³/mol. The van der Waals surface area contributed by atoms with Crippen molar-refractivity contribution in [2.45, 2.75) is 32.4 Å². The van der Waals surface area contributed by atoms with Crippen molar-refractivity contribution in [1.82, 2.24) is 20.9 Å². The fraction of sp³-hybridized carbons (Fsp3) is 0.417. The molecule has 0 aliphatic rings. The van der Waals surface area contributed by atoms with Crippen LogP contribution in [0, 0.1) is 5.82 Å². The molecule has 0 saturated carbocycles. The Morgan fingerprint density at radius 2 is 1.61 bits per heavy atom. The largest absolute Gasteiger partial charge is 0.356 e. The van der Waals surface area contributed by atoms with Crippen LogP contribution in [0.4, 0.5) is 4.39 Å². The molecule has 0 radical (unpaired) electrons. The average molecular weight is 428 g/mol. The van der Waals surface area contributed by atoms with Crippen LogP contribution in [0.2, 0.25) is 0 Å². The monoisotopic (exact) mass is 427 g/mol. The molecule has 0 heterocycles. The molecule has 1 atom stereocenters. The second-order valence-corrected chi connectivity index (χ2v) is 7.62. The van der Waals surface area contributed by atoms with Crippen molar-refractivity contribution in [3.63, 3.8) is 0 Å². The van der Waals surface area contributed by atoms with E-state index in [1.165, 1.54) is 17.7 Å². The number of nitrogens with one attached hydrogen (secondary N) is 3. The van der Waals surface area contributed by atoms with Crippen molar-refractivity contribution < 1.29 is 9.18 Å². The second kappa shape index (κ2) is 13.4. The Kier molecular flexibility index (Phi) is 10.5. The maximum atomic E-state index is 12.9. The lowest BCUT2D eigenvalue weighted by molar-refractivity contribution is -0.120. The summed E-state index contributed by atoms with van der Waals surface area (Å²) >= 11 is 0. The zero-order valence-electron chi connectivity index (χ0n) is 18.7. The number of halogens is 1. The van der Waals surface area contributed by atoms with Gasteiger partial charge in [0.15, 0.2) is 5.96 Å². The van der Waals surface area contributed by atoms with E-state index in [0.29, 0.717) is 25.1 Å². The van der Waals surface area contributed by atoms with Crippen LogP contribution < -0.4 is 16.0 Å². The summed E-state index contributed by atoms with van der Waals surface area (Å²) in [7, 11) is 3.87. The molecule has 3 N–H and O–H groups in total. The number of amides is 1. The van der Waals surface area contributed by atoms with Gasteiger partial charge in [-0.15, -0.1) is 0 Å². The maximum absolute atomic E-state index is 12.9. The highest BCUT2D eigenvalue weighted by Gasteiger charge is 2.10. The molecule has 31 heavy (non-hydrogen) atoms. The highest BCUT2D eigenvalue weighted by Crippen LogP contribution is 2.08. The molecule has 0 aliphatic heterocycles. The van der Waals surface area contributed by atoms with E-state index in [1.54, 1.807) is 19.2 Å². The third kappa shape index (κ3) is 9.61. The van der Waals surface area contributed by atoms with E-state index < -0.39 is 0 Å². The quantitative estimate of drug-likeness (QED) is 0.293. The molecule has 2 aromatic rings. The van der Waals surface area contributed by atoms with Crippen molar-refractivity contribution in [2.75, 3.05) is 33.7 Å². The number of hydrogen-bond donors (Lipinski definition) is 3. The van der Waals surface area contributed by atoms with Gasteiger partial charge in [0.1, 0.15) is 5.82 Å². The number of rotatable bonds is 11. The molecule has 0 fully saturated rings. The van der Waals surface area contributed by atoms with E-state index in [-0.39, 0.29) is 18.1 Å². The van der Waals surface area contributed by atoms with Crippen LogP contribution >= 0.6 is 0 Å². The van der Waals surface area contributed by atoms with Gasteiger partial charge in [0.2, 0.25) is 5.91 Å². The molecule has 2 aromatic carbocycles. The van der Waals surface area contributed by atoms with Crippen LogP contribution in [0.25, 0.3) is 0 Å². The Morgan fingerprint density at radius 1 is 0.968 bits per heavy atom. The van der Waals surface area contributed by atoms with Gasteiger partial charge in [-0.1, -0.05) is 42.5 Å². The van der Waals surface area contributed by atoms with Gasteiger partial charge in [0.05, 0.1) is 6.42 Å². The van der Waals surface area contributed by atoms with Crippen molar-refractivity contribution in [1.29, 1.82) is 0 Å². The van der Waals surface area contributed by atoms with Gasteiger partial charge in [0.25, 0.3) is 0 Å². The first kappa shape index (κ1) is 24.3. The fourth-order valence-corrected chi connectivity index (χ4v) is 3.10. The van der Waals surface area contributed by atoms with Crippen LogP contribution in [0.15, 0.2) is 59.6 Å². The highest BCUT2D eigenvalue weighted by molar-refractivity contribution is 5.80. The van der Waals surface area contributed by atoms with Crippen LogP contribution in [0.1, 0.15) is 24.5 Å². The van der Waals surface area contributed by atoms with Gasteiger partial charge in [0, 0.05) is 39.3 Å². The van der Waals surface area contributed by atoms with E-state index in [1.807, 2.05) is 6.07 Å². The number of guanidine groups is 1. The number of hydrogen-bond acceptors (Lipinski definition) is 3. The standard InChI is InChI=1S/C24H34FN5O/c1-19(30(3)18-21-7-5-4-6-8-21)13-14-28-24(26-2)29-16-15-27-23(31)17-20-9-11-22(25)12-10-20/h4-12,19H,13-18H2,1-3H3,(H,27,31)(H2,26,28,29). The Bertz CT molecular complexity index is 810. The number of benzene rings is 2. The van der Waals surface area contributed by atoms with Gasteiger partial charge in [-0.2, -0.15) is 0 Å². The van der Waals surface area contributed by atoms with Crippen LogP contribution in [-0.2, 0) is 17.8 Å². The molecule has 1 amide bonds. The zero-order valence-corrected chi connectivity index (χ0v) is 18.7. The van der Waals surface area contributed by atoms with E-state index in [4.69, 9.17) is 0 Å².